The Bertz CT molecular complexity index is 400. The molecule has 1 aliphatic carbocycles. The molecule has 2 rings (SSSR count). The van der Waals surface area contributed by atoms with Crippen molar-refractivity contribution >= 4 is 17.4 Å². The summed E-state index contributed by atoms with van der Waals surface area (Å²) >= 11 is 0.849. The minimum atomic E-state index is -4.12. The topological polar surface area (TPSA) is 12.0 Å². The molecule has 0 heterocycles. The van der Waals surface area contributed by atoms with Crippen molar-refractivity contribution in [1.82, 2.24) is 0 Å². The van der Waals surface area contributed by atoms with Crippen molar-refractivity contribution in [2.75, 3.05) is 17.6 Å². The van der Waals surface area contributed by atoms with E-state index in [1.165, 1.54) is 25.7 Å². The minimum absolute atomic E-state index is 0.667. The summed E-state index contributed by atoms with van der Waals surface area (Å²) < 4.78 is 36.8. The van der Waals surface area contributed by atoms with E-state index < -0.39 is 11.9 Å². The average molecular weight is 289 g/mol. The third-order valence-electron chi connectivity index (χ3n) is 3.33. The molecule has 1 aromatic carbocycles. The van der Waals surface area contributed by atoms with Gasteiger partial charge in [-0.05, 0) is 30.9 Å². The number of benzene rings is 1. The van der Waals surface area contributed by atoms with Gasteiger partial charge in [0.05, 0.1) is 5.75 Å². The zero-order valence-electron chi connectivity index (χ0n) is 10.7. The van der Waals surface area contributed by atoms with Crippen molar-refractivity contribution in [3.8, 4) is 0 Å². The van der Waals surface area contributed by atoms with Crippen LogP contribution in [-0.2, 0) is 0 Å². The number of para-hydroxylation sites is 1. The van der Waals surface area contributed by atoms with Crippen LogP contribution in [0.5, 0.6) is 0 Å². The molecule has 19 heavy (non-hydrogen) atoms. The van der Waals surface area contributed by atoms with Crippen molar-refractivity contribution in [2.45, 2.75) is 36.8 Å². The third-order valence-corrected chi connectivity index (χ3v) is 4.47. The molecule has 0 bridgehead atoms. The van der Waals surface area contributed by atoms with Crippen molar-refractivity contribution in [3.05, 3.63) is 24.3 Å². The molecule has 0 unspecified atom stereocenters. The van der Waals surface area contributed by atoms with E-state index in [4.69, 9.17) is 0 Å². The summed E-state index contributed by atoms with van der Waals surface area (Å²) in [6, 6.07) is 7.23. The fourth-order valence-electron chi connectivity index (χ4n) is 2.37. The molecular weight excluding hydrogens is 271 g/mol. The van der Waals surface area contributed by atoms with Crippen LogP contribution < -0.4 is 5.32 Å². The number of rotatable bonds is 5. The highest BCUT2D eigenvalue weighted by molar-refractivity contribution is 7.99. The van der Waals surface area contributed by atoms with E-state index in [1.54, 1.807) is 12.1 Å². The second-order valence-corrected chi connectivity index (χ2v) is 5.95. The first kappa shape index (κ1) is 14.6. The average Bonchev–Trinajstić information content (AvgIpc) is 2.87. The minimum Gasteiger partial charge on any atom is -0.384 e. The van der Waals surface area contributed by atoms with Crippen molar-refractivity contribution in [2.24, 2.45) is 5.92 Å². The molecule has 0 amide bonds. The van der Waals surface area contributed by atoms with Crippen LogP contribution in [-0.4, -0.2) is 18.5 Å². The van der Waals surface area contributed by atoms with Crippen LogP contribution in [0, 0.1) is 5.92 Å². The molecular formula is C14H18F3NS. The molecule has 0 atom stereocenters. The molecule has 0 aliphatic heterocycles. The Hall–Kier alpha value is -0.840. The molecule has 1 fully saturated rings. The standard InChI is InChI=1S/C14H18F3NS/c15-14(16,17)10-19-13-8-4-3-7-12(13)18-9-11-5-1-2-6-11/h3-4,7-8,11,18H,1-2,5-6,9-10H2. The Labute approximate surface area is 116 Å². The summed E-state index contributed by atoms with van der Waals surface area (Å²) in [6.45, 7) is 0.865. The first-order valence-electron chi connectivity index (χ1n) is 6.57. The Morgan fingerprint density at radius 3 is 2.53 bits per heavy atom. The predicted octanol–water partition coefficient (Wildman–Crippen LogP) is 4.94. The quantitative estimate of drug-likeness (QED) is 0.770. The zero-order chi connectivity index (χ0) is 13.7. The number of halogens is 3. The zero-order valence-corrected chi connectivity index (χ0v) is 11.5. The molecule has 0 saturated heterocycles. The van der Waals surface area contributed by atoms with Gasteiger partial charge in [-0.2, -0.15) is 13.2 Å². The number of thioether (sulfide) groups is 1. The highest BCUT2D eigenvalue weighted by Crippen LogP contribution is 2.33. The van der Waals surface area contributed by atoms with Crippen LogP contribution in [0.2, 0.25) is 0 Å². The number of hydrogen-bond donors (Lipinski definition) is 1. The number of hydrogen-bond acceptors (Lipinski definition) is 2. The summed E-state index contributed by atoms with van der Waals surface area (Å²) in [5, 5.41) is 3.30. The predicted molar refractivity (Wildman–Crippen MR) is 73.7 cm³/mol. The van der Waals surface area contributed by atoms with Gasteiger partial charge in [0.1, 0.15) is 0 Å². The smallest absolute Gasteiger partial charge is 0.384 e. The van der Waals surface area contributed by atoms with Gasteiger partial charge in [0, 0.05) is 17.1 Å². The second-order valence-electron chi connectivity index (χ2n) is 4.93. The van der Waals surface area contributed by atoms with Crippen LogP contribution in [0.15, 0.2) is 29.2 Å². The van der Waals surface area contributed by atoms with E-state index in [-0.39, 0.29) is 0 Å². The molecule has 1 nitrogen and oxygen atoms in total. The molecule has 106 valence electrons. The Morgan fingerprint density at radius 2 is 1.84 bits per heavy atom. The molecule has 0 radical (unpaired) electrons. The molecule has 0 aromatic heterocycles. The molecule has 1 aromatic rings. The van der Waals surface area contributed by atoms with Crippen LogP contribution >= 0.6 is 11.8 Å². The maximum atomic E-state index is 12.3. The van der Waals surface area contributed by atoms with Gasteiger partial charge in [-0.1, -0.05) is 25.0 Å². The Balaban J connectivity index is 1.91. The first-order chi connectivity index (χ1) is 9.04. The van der Waals surface area contributed by atoms with Crippen molar-refractivity contribution in [1.29, 1.82) is 0 Å². The molecule has 1 aliphatic rings. The van der Waals surface area contributed by atoms with Crippen LogP contribution in [0.3, 0.4) is 0 Å². The SMILES string of the molecule is FC(F)(F)CSc1ccccc1NCC1CCCC1. The maximum Gasteiger partial charge on any atom is 0.398 e. The van der Waals surface area contributed by atoms with E-state index >= 15 is 0 Å². The highest BCUT2D eigenvalue weighted by Gasteiger charge is 2.27. The van der Waals surface area contributed by atoms with Crippen molar-refractivity contribution in [3.63, 3.8) is 0 Å². The van der Waals surface area contributed by atoms with Gasteiger partial charge in [0.2, 0.25) is 0 Å². The van der Waals surface area contributed by atoms with E-state index in [2.05, 4.69) is 5.32 Å². The molecule has 0 spiro atoms. The van der Waals surface area contributed by atoms with Crippen LogP contribution in [0.1, 0.15) is 25.7 Å². The van der Waals surface area contributed by atoms with E-state index in [9.17, 15) is 13.2 Å². The van der Waals surface area contributed by atoms with E-state index in [0.717, 1.165) is 24.0 Å². The lowest BCUT2D eigenvalue weighted by Gasteiger charge is -2.15. The van der Waals surface area contributed by atoms with Crippen LogP contribution in [0.4, 0.5) is 18.9 Å². The van der Waals surface area contributed by atoms with Gasteiger partial charge in [0.15, 0.2) is 0 Å². The van der Waals surface area contributed by atoms with Crippen molar-refractivity contribution < 1.29 is 13.2 Å². The fraction of sp³-hybridized carbons (Fsp3) is 0.571. The Morgan fingerprint density at radius 1 is 1.16 bits per heavy atom. The normalized spacial score (nSPS) is 16.8. The molecule has 1 saturated carbocycles. The first-order valence-corrected chi connectivity index (χ1v) is 7.55. The van der Waals surface area contributed by atoms with Gasteiger partial charge < -0.3 is 5.32 Å². The van der Waals surface area contributed by atoms with Gasteiger partial charge >= 0.3 is 6.18 Å². The third kappa shape index (κ3) is 4.97. The van der Waals surface area contributed by atoms with Gasteiger partial charge in [-0.25, -0.2) is 0 Å². The lowest BCUT2D eigenvalue weighted by atomic mass is 10.1. The lowest BCUT2D eigenvalue weighted by molar-refractivity contribution is -0.105. The molecule has 5 heteroatoms. The van der Waals surface area contributed by atoms with Gasteiger partial charge in [-0.15, -0.1) is 11.8 Å². The van der Waals surface area contributed by atoms with Crippen LogP contribution in [0.25, 0.3) is 0 Å². The number of anilines is 1. The highest BCUT2D eigenvalue weighted by atomic mass is 32.2. The lowest BCUT2D eigenvalue weighted by Crippen LogP contribution is -2.13. The summed E-state index contributed by atoms with van der Waals surface area (Å²) in [5.41, 5.74) is 0.823. The maximum absolute atomic E-state index is 12.3. The summed E-state index contributed by atoms with van der Waals surface area (Å²) in [6.07, 6.45) is 0.882. The number of nitrogens with one attached hydrogen (secondary N) is 1. The Kier molecular flexibility index (Phi) is 5.02. The monoisotopic (exact) mass is 289 g/mol. The van der Waals surface area contributed by atoms with Gasteiger partial charge in [-0.3, -0.25) is 0 Å². The summed E-state index contributed by atoms with van der Waals surface area (Å²) in [5.74, 6) is -0.171. The fourth-order valence-corrected chi connectivity index (χ4v) is 3.16. The number of alkyl halides is 3. The van der Waals surface area contributed by atoms with E-state index in [1.807, 2.05) is 12.1 Å². The second kappa shape index (κ2) is 6.55. The summed E-state index contributed by atoms with van der Waals surface area (Å²) in [7, 11) is 0. The summed E-state index contributed by atoms with van der Waals surface area (Å²) in [4.78, 5) is 0.679. The largest absolute Gasteiger partial charge is 0.398 e. The molecule has 1 N–H and O–H groups in total. The van der Waals surface area contributed by atoms with E-state index in [0.29, 0.717) is 10.8 Å². The van der Waals surface area contributed by atoms with Gasteiger partial charge in [0.25, 0.3) is 0 Å².